The van der Waals surface area contributed by atoms with E-state index in [0.717, 1.165) is 44.6 Å². The average molecular weight is 315 g/mol. The molecule has 7 heteroatoms. The van der Waals surface area contributed by atoms with Crippen LogP contribution in [0.15, 0.2) is 11.0 Å². The largest absolute Gasteiger partial charge is 0.396 e. The number of aliphatic hydroxyl groups excluding tert-OH is 1. The van der Waals surface area contributed by atoms with E-state index < -0.39 is 0 Å². The van der Waals surface area contributed by atoms with Crippen molar-refractivity contribution in [1.29, 1.82) is 0 Å². The Bertz CT molecular complexity index is 526. The van der Waals surface area contributed by atoms with E-state index in [0.29, 0.717) is 6.04 Å². The molecular weight excluding hydrogens is 292 g/mol. The molecule has 118 valence electrons. The van der Waals surface area contributed by atoms with E-state index in [9.17, 15) is 4.79 Å². The van der Waals surface area contributed by atoms with Crippen molar-refractivity contribution in [3.63, 3.8) is 0 Å². The van der Waals surface area contributed by atoms with E-state index in [1.54, 1.807) is 13.2 Å². The molecule has 1 aliphatic rings. The molecule has 21 heavy (non-hydrogen) atoms. The maximum absolute atomic E-state index is 11.8. The molecule has 0 amide bonds. The molecule has 2 rings (SSSR count). The number of aliphatic hydroxyl groups is 1. The third-order valence-corrected chi connectivity index (χ3v) is 4.51. The first-order valence-electron chi connectivity index (χ1n) is 7.32. The molecule has 6 nitrogen and oxygen atoms in total. The molecule has 0 saturated carbocycles. The number of aryl methyl sites for hydroxylation is 1. The summed E-state index contributed by atoms with van der Waals surface area (Å²) in [5.41, 5.74) is 0.479. The van der Waals surface area contributed by atoms with Gasteiger partial charge in [0.05, 0.1) is 11.9 Å². The van der Waals surface area contributed by atoms with Crippen LogP contribution < -0.4 is 10.5 Å². The molecular formula is C14H23ClN4O2. The van der Waals surface area contributed by atoms with Gasteiger partial charge in [0.15, 0.2) is 0 Å². The molecule has 1 aromatic heterocycles. The number of nitrogens with zero attached hydrogens (tertiary/aromatic N) is 4. The zero-order valence-electron chi connectivity index (χ0n) is 12.6. The zero-order chi connectivity index (χ0) is 15.4. The number of piperidine rings is 1. The van der Waals surface area contributed by atoms with Crippen LogP contribution in [0.3, 0.4) is 0 Å². The molecule has 0 radical (unpaired) electrons. The van der Waals surface area contributed by atoms with Gasteiger partial charge in [-0.05, 0) is 26.3 Å². The maximum Gasteiger partial charge on any atom is 0.287 e. The second-order valence-electron chi connectivity index (χ2n) is 5.55. The summed E-state index contributed by atoms with van der Waals surface area (Å²) in [6, 6.07) is 0.520. The van der Waals surface area contributed by atoms with Crippen molar-refractivity contribution in [2.45, 2.75) is 25.3 Å². The van der Waals surface area contributed by atoms with Crippen molar-refractivity contribution >= 4 is 17.3 Å². The highest BCUT2D eigenvalue weighted by molar-refractivity contribution is 6.33. The lowest BCUT2D eigenvalue weighted by molar-refractivity contribution is 0.184. The molecule has 1 N–H and O–H groups in total. The van der Waals surface area contributed by atoms with Crippen molar-refractivity contribution < 1.29 is 5.11 Å². The van der Waals surface area contributed by atoms with E-state index in [1.807, 2.05) is 0 Å². The summed E-state index contributed by atoms with van der Waals surface area (Å²) in [5.74, 6) is 0. The maximum atomic E-state index is 11.8. The summed E-state index contributed by atoms with van der Waals surface area (Å²) >= 11 is 6.15. The van der Waals surface area contributed by atoms with Crippen LogP contribution in [0.2, 0.25) is 5.02 Å². The van der Waals surface area contributed by atoms with E-state index in [2.05, 4.69) is 21.9 Å². The van der Waals surface area contributed by atoms with Crippen LogP contribution in [0.4, 0.5) is 5.69 Å². The summed E-state index contributed by atoms with van der Waals surface area (Å²) < 4.78 is 1.25. The molecule has 1 aromatic rings. The zero-order valence-corrected chi connectivity index (χ0v) is 13.4. The van der Waals surface area contributed by atoms with Gasteiger partial charge in [-0.15, -0.1) is 0 Å². The van der Waals surface area contributed by atoms with Crippen LogP contribution in [0.1, 0.15) is 19.3 Å². The predicted molar refractivity (Wildman–Crippen MR) is 84.1 cm³/mol. The van der Waals surface area contributed by atoms with Crippen LogP contribution in [-0.4, -0.2) is 59.1 Å². The summed E-state index contributed by atoms with van der Waals surface area (Å²) in [4.78, 5) is 16.3. The van der Waals surface area contributed by atoms with Gasteiger partial charge < -0.3 is 14.9 Å². The minimum atomic E-state index is -0.253. The first-order chi connectivity index (χ1) is 10.0. The highest BCUT2D eigenvalue weighted by Gasteiger charge is 2.24. The van der Waals surface area contributed by atoms with Gasteiger partial charge in [-0.1, -0.05) is 11.6 Å². The van der Waals surface area contributed by atoms with Gasteiger partial charge >= 0.3 is 0 Å². The lowest BCUT2D eigenvalue weighted by Gasteiger charge is -2.37. The average Bonchev–Trinajstić information content (AvgIpc) is 2.51. The molecule has 1 saturated heterocycles. The summed E-state index contributed by atoms with van der Waals surface area (Å²) in [7, 11) is 3.70. The van der Waals surface area contributed by atoms with Gasteiger partial charge in [-0.25, -0.2) is 4.68 Å². The number of hydrogen-bond acceptors (Lipinski definition) is 5. The van der Waals surface area contributed by atoms with E-state index >= 15 is 0 Å². The summed E-state index contributed by atoms with van der Waals surface area (Å²) in [6.45, 7) is 2.87. The van der Waals surface area contributed by atoms with E-state index in [-0.39, 0.29) is 17.2 Å². The highest BCUT2D eigenvalue weighted by atomic mass is 35.5. The van der Waals surface area contributed by atoms with Crippen LogP contribution >= 0.6 is 11.6 Å². The Balaban J connectivity index is 1.98. The quantitative estimate of drug-likeness (QED) is 0.867. The Hall–Kier alpha value is -1.11. The molecule has 1 aliphatic heterocycles. The molecule has 0 aromatic carbocycles. The van der Waals surface area contributed by atoms with Crippen molar-refractivity contribution in [1.82, 2.24) is 14.7 Å². The van der Waals surface area contributed by atoms with Gasteiger partial charge in [-0.3, -0.25) is 4.79 Å². The van der Waals surface area contributed by atoms with Gasteiger partial charge in [0.25, 0.3) is 5.56 Å². The Morgan fingerprint density at radius 3 is 2.76 bits per heavy atom. The standard InChI is InChI=1S/C14H23ClN4O2/c1-17(6-3-9-20)11-4-7-19(8-5-11)12-10-16-18(2)14(21)13(12)15/h10-11,20H,3-9H2,1-2H3. The lowest BCUT2D eigenvalue weighted by atomic mass is 10.0. The van der Waals surface area contributed by atoms with E-state index in [4.69, 9.17) is 16.7 Å². The highest BCUT2D eigenvalue weighted by Crippen LogP contribution is 2.25. The number of anilines is 1. The fraction of sp³-hybridized carbons (Fsp3) is 0.714. The fourth-order valence-corrected chi connectivity index (χ4v) is 3.06. The van der Waals surface area contributed by atoms with Crippen LogP contribution in [0, 0.1) is 0 Å². The number of rotatable bonds is 5. The number of hydrogen-bond donors (Lipinski definition) is 1. The minimum absolute atomic E-state index is 0.234. The molecule has 2 heterocycles. The van der Waals surface area contributed by atoms with Crippen molar-refractivity contribution in [2.75, 3.05) is 38.2 Å². The van der Waals surface area contributed by atoms with Crippen LogP contribution in [0.25, 0.3) is 0 Å². The van der Waals surface area contributed by atoms with Gasteiger partial charge in [0.2, 0.25) is 0 Å². The van der Waals surface area contributed by atoms with Crippen LogP contribution in [-0.2, 0) is 7.05 Å². The Kier molecular flexibility index (Phi) is 5.61. The second kappa shape index (κ2) is 7.24. The minimum Gasteiger partial charge on any atom is -0.396 e. The smallest absolute Gasteiger partial charge is 0.287 e. The monoisotopic (exact) mass is 314 g/mol. The molecule has 0 aliphatic carbocycles. The van der Waals surface area contributed by atoms with E-state index in [1.165, 1.54) is 4.68 Å². The predicted octanol–water partition coefficient (Wildman–Crippen LogP) is 0.717. The van der Waals surface area contributed by atoms with Crippen molar-refractivity contribution in [3.8, 4) is 0 Å². The lowest BCUT2D eigenvalue weighted by Crippen LogP contribution is -2.44. The normalized spacial score (nSPS) is 16.7. The van der Waals surface area contributed by atoms with Crippen LogP contribution in [0.5, 0.6) is 0 Å². The molecule has 0 atom stereocenters. The van der Waals surface area contributed by atoms with Gasteiger partial charge in [0, 0.05) is 39.3 Å². The SMILES string of the molecule is CN(CCCO)C1CCN(c2cnn(C)c(=O)c2Cl)CC1. The number of aromatic nitrogens is 2. The third kappa shape index (κ3) is 3.75. The number of halogens is 1. The Morgan fingerprint density at radius 1 is 1.48 bits per heavy atom. The summed E-state index contributed by atoms with van der Waals surface area (Å²) in [6.07, 6.45) is 4.52. The second-order valence-corrected chi connectivity index (χ2v) is 5.93. The Morgan fingerprint density at radius 2 is 2.14 bits per heavy atom. The van der Waals surface area contributed by atoms with Crippen molar-refractivity contribution in [3.05, 3.63) is 21.6 Å². The molecule has 0 unspecified atom stereocenters. The fourth-order valence-electron chi connectivity index (χ4n) is 2.77. The van der Waals surface area contributed by atoms with Gasteiger partial charge in [0.1, 0.15) is 5.02 Å². The molecule has 1 fully saturated rings. The first-order valence-corrected chi connectivity index (χ1v) is 7.70. The third-order valence-electron chi connectivity index (χ3n) is 4.16. The first kappa shape index (κ1) is 16.3. The van der Waals surface area contributed by atoms with Gasteiger partial charge in [-0.2, -0.15) is 5.10 Å². The Labute approximate surface area is 129 Å². The summed E-state index contributed by atoms with van der Waals surface area (Å²) in [5, 5.41) is 13.2. The molecule has 0 bridgehead atoms. The van der Waals surface area contributed by atoms with Crippen molar-refractivity contribution in [2.24, 2.45) is 7.05 Å². The topological polar surface area (TPSA) is 61.6 Å². The molecule has 0 spiro atoms.